The molecule has 0 bridgehead atoms. The molecule has 2 heterocycles. The molecule has 1 saturated heterocycles. The average Bonchev–Trinajstić information content (AvgIpc) is 3.08. The van der Waals surface area contributed by atoms with Crippen LogP contribution in [0.15, 0.2) is 24.3 Å². The molecule has 1 saturated carbocycles. The van der Waals surface area contributed by atoms with Crippen LogP contribution < -0.4 is 15.4 Å². The molecule has 1 unspecified atom stereocenters. The van der Waals surface area contributed by atoms with Crippen molar-refractivity contribution in [3.63, 3.8) is 0 Å². The lowest BCUT2D eigenvalue weighted by Crippen LogP contribution is -2.58. The van der Waals surface area contributed by atoms with Crippen LogP contribution in [0.2, 0.25) is 0 Å². The molecule has 2 aliphatic heterocycles. The van der Waals surface area contributed by atoms with Crippen LogP contribution in [-0.4, -0.2) is 44.0 Å². The van der Waals surface area contributed by atoms with Gasteiger partial charge in [0, 0.05) is 18.2 Å². The number of rotatable bonds is 3. The third kappa shape index (κ3) is 3.25. The number of amides is 1. The minimum atomic E-state index is -3.53. The molecule has 1 aliphatic carbocycles. The van der Waals surface area contributed by atoms with E-state index >= 15 is 0 Å². The summed E-state index contributed by atoms with van der Waals surface area (Å²) in [4.78, 5) is 13.3. The van der Waals surface area contributed by atoms with Crippen LogP contribution in [0.25, 0.3) is 0 Å². The third-order valence-corrected chi connectivity index (χ3v) is 8.57. The van der Waals surface area contributed by atoms with Crippen LogP contribution in [0, 0.1) is 0 Å². The van der Waals surface area contributed by atoms with Crippen LogP contribution in [0.5, 0.6) is 5.75 Å². The molecule has 0 radical (unpaired) electrons. The molecule has 4 rings (SSSR count). The maximum Gasteiger partial charge on any atom is 0.242 e. The first kappa shape index (κ1) is 18.7. The average molecular weight is 393 g/mol. The van der Waals surface area contributed by atoms with E-state index in [0.717, 1.165) is 37.0 Å². The fraction of sp³-hybridized carbons (Fsp3) is 0.650. The first-order valence-electron chi connectivity index (χ1n) is 9.85. The van der Waals surface area contributed by atoms with Gasteiger partial charge in [0.2, 0.25) is 5.91 Å². The van der Waals surface area contributed by atoms with E-state index in [1.165, 1.54) is 6.26 Å². The predicted molar refractivity (Wildman–Crippen MR) is 103 cm³/mol. The molecule has 1 spiro atoms. The Bertz CT molecular complexity index is 824. The maximum atomic E-state index is 13.3. The summed E-state index contributed by atoms with van der Waals surface area (Å²) in [6.45, 7) is 1.07. The molecular formula is C20H28N2O4S. The quantitative estimate of drug-likeness (QED) is 0.823. The fourth-order valence-corrected chi connectivity index (χ4v) is 6.30. The molecular weight excluding hydrogens is 364 g/mol. The van der Waals surface area contributed by atoms with Crippen molar-refractivity contribution in [2.24, 2.45) is 0 Å². The van der Waals surface area contributed by atoms with Gasteiger partial charge in [0.1, 0.15) is 11.4 Å². The molecule has 1 aromatic carbocycles. The number of ether oxygens (including phenoxy) is 1. The van der Waals surface area contributed by atoms with E-state index < -0.39 is 14.6 Å². The van der Waals surface area contributed by atoms with Crippen molar-refractivity contribution in [2.45, 2.75) is 61.3 Å². The van der Waals surface area contributed by atoms with Crippen molar-refractivity contribution < 1.29 is 17.9 Å². The number of sulfone groups is 1. The summed E-state index contributed by atoms with van der Waals surface area (Å²) in [7, 11) is -3.53. The van der Waals surface area contributed by atoms with Crippen molar-refractivity contribution in [1.29, 1.82) is 0 Å². The van der Waals surface area contributed by atoms with Crippen molar-refractivity contribution >= 4 is 15.7 Å². The molecule has 1 amide bonds. The summed E-state index contributed by atoms with van der Waals surface area (Å²) in [5, 5.41) is 6.28. The fourth-order valence-electron chi connectivity index (χ4n) is 4.96. The number of nitrogens with one attached hydrogen (secondary N) is 2. The molecule has 148 valence electrons. The summed E-state index contributed by atoms with van der Waals surface area (Å²) >= 11 is 0. The first-order valence-corrected chi connectivity index (χ1v) is 11.7. The second kappa shape index (κ2) is 6.78. The Labute approximate surface area is 161 Å². The third-order valence-electron chi connectivity index (χ3n) is 6.55. The lowest BCUT2D eigenvalue weighted by Gasteiger charge is -2.42. The second-order valence-corrected chi connectivity index (χ2v) is 10.6. The van der Waals surface area contributed by atoms with E-state index in [4.69, 9.17) is 4.74 Å². The molecule has 2 fully saturated rings. The van der Waals surface area contributed by atoms with E-state index in [2.05, 4.69) is 10.6 Å². The predicted octanol–water partition coefficient (Wildman–Crippen LogP) is 2.11. The smallest absolute Gasteiger partial charge is 0.242 e. The highest BCUT2D eigenvalue weighted by Crippen LogP contribution is 2.47. The van der Waals surface area contributed by atoms with E-state index in [1.807, 2.05) is 24.3 Å². The molecule has 6 nitrogen and oxygen atoms in total. The van der Waals surface area contributed by atoms with Gasteiger partial charge in [-0.1, -0.05) is 18.2 Å². The number of hydrogen-bond donors (Lipinski definition) is 2. The number of para-hydroxylation sites is 1. The number of carbonyl (C=O) groups is 1. The van der Waals surface area contributed by atoms with Crippen molar-refractivity contribution in [2.75, 3.05) is 19.3 Å². The van der Waals surface area contributed by atoms with E-state index in [0.29, 0.717) is 32.4 Å². The minimum Gasteiger partial charge on any atom is -0.487 e. The van der Waals surface area contributed by atoms with E-state index in [9.17, 15) is 13.2 Å². The van der Waals surface area contributed by atoms with Gasteiger partial charge >= 0.3 is 0 Å². The Balaban J connectivity index is 1.65. The van der Waals surface area contributed by atoms with Crippen LogP contribution in [0.1, 0.15) is 56.6 Å². The highest BCUT2D eigenvalue weighted by molar-refractivity contribution is 7.92. The van der Waals surface area contributed by atoms with Gasteiger partial charge in [-0.3, -0.25) is 4.79 Å². The number of benzene rings is 1. The molecule has 0 aromatic heterocycles. The molecule has 7 heteroatoms. The van der Waals surface area contributed by atoms with Crippen molar-refractivity contribution in [1.82, 2.24) is 10.6 Å². The zero-order valence-electron chi connectivity index (χ0n) is 15.8. The molecule has 1 aromatic rings. The largest absolute Gasteiger partial charge is 0.487 e. The first-order chi connectivity index (χ1) is 12.9. The van der Waals surface area contributed by atoms with Crippen molar-refractivity contribution in [3.05, 3.63) is 29.8 Å². The Morgan fingerprint density at radius 3 is 2.48 bits per heavy atom. The van der Waals surface area contributed by atoms with Crippen LogP contribution in [0.3, 0.4) is 0 Å². The maximum absolute atomic E-state index is 13.3. The summed E-state index contributed by atoms with van der Waals surface area (Å²) in [5.74, 6) is 0.455. The van der Waals surface area contributed by atoms with Crippen LogP contribution in [0.4, 0.5) is 0 Å². The second-order valence-electron chi connectivity index (χ2n) is 8.28. The number of piperidine rings is 1. The standard InChI is InChI=1S/C20H28N2O4S/c1-27(24,25)20(10-12-21-13-11-20)18(23)22-16-14-19(8-4-5-9-19)26-17-7-3-2-6-15(16)17/h2-3,6-7,16,21H,4-5,8-14H2,1H3,(H,22,23). The van der Waals surface area contributed by atoms with Crippen LogP contribution >= 0.6 is 0 Å². The lowest BCUT2D eigenvalue weighted by atomic mass is 9.85. The summed E-state index contributed by atoms with van der Waals surface area (Å²) < 4.78 is 30.2. The van der Waals surface area contributed by atoms with Gasteiger partial charge in [-0.2, -0.15) is 0 Å². The van der Waals surface area contributed by atoms with Gasteiger partial charge in [0.25, 0.3) is 0 Å². The summed E-state index contributed by atoms with van der Waals surface area (Å²) in [6.07, 6.45) is 6.73. The van der Waals surface area contributed by atoms with Crippen LogP contribution in [-0.2, 0) is 14.6 Å². The Hall–Kier alpha value is -1.60. The topological polar surface area (TPSA) is 84.5 Å². The summed E-state index contributed by atoms with van der Waals surface area (Å²) in [6, 6.07) is 7.58. The van der Waals surface area contributed by atoms with E-state index in [-0.39, 0.29) is 17.6 Å². The Morgan fingerprint density at radius 1 is 1.15 bits per heavy atom. The molecule has 27 heavy (non-hydrogen) atoms. The molecule has 3 aliphatic rings. The number of carbonyl (C=O) groups excluding carboxylic acids is 1. The number of hydrogen-bond acceptors (Lipinski definition) is 5. The monoisotopic (exact) mass is 392 g/mol. The molecule has 2 N–H and O–H groups in total. The number of fused-ring (bicyclic) bond motifs is 1. The van der Waals surface area contributed by atoms with Gasteiger partial charge in [-0.05, 0) is 57.7 Å². The van der Waals surface area contributed by atoms with Gasteiger partial charge in [-0.15, -0.1) is 0 Å². The Kier molecular flexibility index (Phi) is 4.71. The van der Waals surface area contributed by atoms with Gasteiger partial charge in [0.05, 0.1) is 6.04 Å². The molecule has 1 atom stereocenters. The minimum absolute atomic E-state index is 0.214. The summed E-state index contributed by atoms with van der Waals surface area (Å²) in [5.41, 5.74) is 0.708. The Morgan fingerprint density at radius 2 is 1.81 bits per heavy atom. The van der Waals surface area contributed by atoms with Gasteiger partial charge < -0.3 is 15.4 Å². The van der Waals surface area contributed by atoms with Gasteiger partial charge in [-0.25, -0.2) is 8.42 Å². The zero-order valence-corrected chi connectivity index (χ0v) is 16.6. The highest BCUT2D eigenvalue weighted by Gasteiger charge is 2.50. The normalized spacial score (nSPS) is 26.2. The van der Waals surface area contributed by atoms with Crippen molar-refractivity contribution in [3.8, 4) is 5.75 Å². The van der Waals surface area contributed by atoms with E-state index in [1.54, 1.807) is 0 Å². The lowest BCUT2D eigenvalue weighted by molar-refractivity contribution is -0.125. The SMILES string of the molecule is CS(=O)(=O)C1(C(=O)NC2CC3(CCCC3)Oc3ccccc32)CCNCC1. The zero-order chi connectivity index (χ0) is 19.1. The van der Waals surface area contributed by atoms with Gasteiger partial charge in [0.15, 0.2) is 14.6 Å². The highest BCUT2D eigenvalue weighted by atomic mass is 32.2.